The SMILES string of the molecule is Cc1ccc(C(=O)O)cc1NC(=O)c1ccc(NC(=O)CC(C)C)cc1. The number of nitrogens with one attached hydrogen (secondary N) is 2. The monoisotopic (exact) mass is 354 g/mol. The lowest BCUT2D eigenvalue weighted by Crippen LogP contribution is -2.15. The van der Waals surface area contributed by atoms with E-state index in [1.165, 1.54) is 12.1 Å². The molecule has 0 radical (unpaired) electrons. The summed E-state index contributed by atoms with van der Waals surface area (Å²) in [6, 6.07) is 11.1. The minimum atomic E-state index is -1.05. The number of benzene rings is 2. The summed E-state index contributed by atoms with van der Waals surface area (Å²) >= 11 is 0. The number of hydrogen-bond donors (Lipinski definition) is 3. The summed E-state index contributed by atoms with van der Waals surface area (Å²) in [5.41, 5.74) is 2.35. The summed E-state index contributed by atoms with van der Waals surface area (Å²) in [6.07, 6.45) is 0.432. The van der Waals surface area contributed by atoms with Crippen LogP contribution >= 0.6 is 0 Å². The molecule has 0 aromatic heterocycles. The number of amides is 2. The van der Waals surface area contributed by atoms with Crippen LogP contribution in [0, 0.1) is 12.8 Å². The van der Waals surface area contributed by atoms with Gasteiger partial charge in [-0.15, -0.1) is 0 Å². The molecule has 0 spiro atoms. The second-order valence-electron chi connectivity index (χ2n) is 6.51. The molecule has 136 valence electrons. The van der Waals surface area contributed by atoms with E-state index in [4.69, 9.17) is 5.11 Å². The second-order valence-corrected chi connectivity index (χ2v) is 6.51. The number of hydrogen-bond acceptors (Lipinski definition) is 3. The molecule has 0 heterocycles. The summed E-state index contributed by atoms with van der Waals surface area (Å²) in [5, 5.41) is 14.6. The van der Waals surface area contributed by atoms with Crippen molar-refractivity contribution in [3.63, 3.8) is 0 Å². The molecule has 0 aliphatic rings. The van der Waals surface area contributed by atoms with Crippen LogP contribution in [0.1, 0.15) is 46.5 Å². The lowest BCUT2D eigenvalue weighted by molar-refractivity contribution is -0.116. The van der Waals surface area contributed by atoms with Gasteiger partial charge in [-0.3, -0.25) is 9.59 Å². The predicted molar refractivity (Wildman–Crippen MR) is 101 cm³/mol. The highest BCUT2D eigenvalue weighted by molar-refractivity contribution is 6.05. The number of carboxylic acid groups (broad SMARTS) is 1. The molecular formula is C20H22N2O4. The van der Waals surface area contributed by atoms with Crippen molar-refractivity contribution >= 4 is 29.2 Å². The Hall–Kier alpha value is -3.15. The Labute approximate surface area is 152 Å². The fourth-order valence-corrected chi connectivity index (χ4v) is 2.37. The minimum absolute atomic E-state index is 0.0710. The number of carboxylic acids is 1. The molecule has 2 aromatic rings. The first-order chi connectivity index (χ1) is 12.3. The quantitative estimate of drug-likeness (QED) is 0.732. The van der Waals surface area contributed by atoms with Crippen molar-refractivity contribution in [3.05, 3.63) is 59.2 Å². The smallest absolute Gasteiger partial charge is 0.335 e. The van der Waals surface area contributed by atoms with Gasteiger partial charge in [0.1, 0.15) is 0 Å². The van der Waals surface area contributed by atoms with E-state index < -0.39 is 5.97 Å². The van der Waals surface area contributed by atoms with Crippen molar-refractivity contribution in [2.45, 2.75) is 27.2 Å². The third kappa shape index (κ3) is 5.17. The molecule has 0 unspecified atom stereocenters. The topological polar surface area (TPSA) is 95.5 Å². The molecular weight excluding hydrogens is 332 g/mol. The maximum Gasteiger partial charge on any atom is 0.335 e. The molecule has 0 fully saturated rings. The molecule has 0 aliphatic carbocycles. The molecule has 0 atom stereocenters. The van der Waals surface area contributed by atoms with Gasteiger partial charge >= 0.3 is 5.97 Å². The van der Waals surface area contributed by atoms with Crippen LogP contribution in [0.4, 0.5) is 11.4 Å². The van der Waals surface area contributed by atoms with E-state index in [9.17, 15) is 14.4 Å². The maximum absolute atomic E-state index is 12.4. The Morgan fingerprint density at radius 2 is 1.58 bits per heavy atom. The van der Waals surface area contributed by atoms with Gasteiger partial charge in [0.15, 0.2) is 0 Å². The minimum Gasteiger partial charge on any atom is -0.478 e. The summed E-state index contributed by atoms with van der Waals surface area (Å²) in [7, 11) is 0. The van der Waals surface area contributed by atoms with Crippen LogP contribution in [0.5, 0.6) is 0 Å². The van der Waals surface area contributed by atoms with Crippen molar-refractivity contribution < 1.29 is 19.5 Å². The Morgan fingerprint density at radius 1 is 0.962 bits per heavy atom. The van der Waals surface area contributed by atoms with Crippen LogP contribution in [0.25, 0.3) is 0 Å². The summed E-state index contributed by atoms with van der Waals surface area (Å²) < 4.78 is 0. The van der Waals surface area contributed by atoms with Crippen LogP contribution in [-0.2, 0) is 4.79 Å². The lowest BCUT2D eigenvalue weighted by atomic mass is 10.1. The van der Waals surface area contributed by atoms with Crippen LogP contribution in [0.15, 0.2) is 42.5 Å². The van der Waals surface area contributed by atoms with Crippen molar-refractivity contribution in [2.24, 2.45) is 5.92 Å². The summed E-state index contributed by atoms with van der Waals surface area (Å²) in [5.74, 6) is -1.21. The van der Waals surface area contributed by atoms with Crippen LogP contribution < -0.4 is 10.6 Å². The van der Waals surface area contributed by atoms with Gasteiger partial charge in [0.05, 0.1) is 5.56 Å². The second kappa shape index (κ2) is 8.29. The van der Waals surface area contributed by atoms with Crippen molar-refractivity contribution in [2.75, 3.05) is 10.6 Å². The molecule has 2 aromatic carbocycles. The van der Waals surface area contributed by atoms with E-state index in [-0.39, 0.29) is 23.3 Å². The largest absolute Gasteiger partial charge is 0.478 e. The average molecular weight is 354 g/mol. The molecule has 2 rings (SSSR count). The van der Waals surface area contributed by atoms with Crippen LogP contribution in [-0.4, -0.2) is 22.9 Å². The first-order valence-electron chi connectivity index (χ1n) is 8.31. The maximum atomic E-state index is 12.4. The zero-order valence-electron chi connectivity index (χ0n) is 15.0. The Bertz CT molecular complexity index is 826. The fourth-order valence-electron chi connectivity index (χ4n) is 2.37. The van der Waals surface area contributed by atoms with E-state index in [1.807, 2.05) is 13.8 Å². The van der Waals surface area contributed by atoms with Gasteiger partial charge in [-0.05, 0) is 54.8 Å². The van der Waals surface area contributed by atoms with Gasteiger partial charge in [-0.25, -0.2) is 4.79 Å². The number of anilines is 2. The summed E-state index contributed by atoms with van der Waals surface area (Å²) in [4.78, 5) is 35.2. The zero-order chi connectivity index (χ0) is 19.3. The van der Waals surface area contributed by atoms with Crippen LogP contribution in [0.2, 0.25) is 0 Å². The summed E-state index contributed by atoms with van der Waals surface area (Å²) in [6.45, 7) is 5.72. The number of carbonyl (C=O) groups is 3. The molecule has 0 saturated heterocycles. The number of rotatable bonds is 6. The van der Waals surface area contributed by atoms with Gasteiger partial charge in [0.2, 0.25) is 5.91 Å². The molecule has 6 heteroatoms. The molecule has 26 heavy (non-hydrogen) atoms. The van der Waals surface area contributed by atoms with E-state index in [2.05, 4.69) is 10.6 Å². The van der Waals surface area contributed by atoms with Gasteiger partial charge in [-0.2, -0.15) is 0 Å². The van der Waals surface area contributed by atoms with E-state index in [1.54, 1.807) is 37.3 Å². The highest BCUT2D eigenvalue weighted by atomic mass is 16.4. The highest BCUT2D eigenvalue weighted by Crippen LogP contribution is 2.19. The Kier molecular flexibility index (Phi) is 6.11. The number of aromatic carboxylic acids is 1. The molecule has 2 amide bonds. The van der Waals surface area contributed by atoms with E-state index in [0.29, 0.717) is 23.4 Å². The standard InChI is InChI=1S/C20H22N2O4/c1-12(2)10-18(23)21-16-8-6-14(7-9-16)19(24)22-17-11-15(20(25)26)5-4-13(17)3/h4-9,11-12H,10H2,1-3H3,(H,21,23)(H,22,24)(H,25,26). The molecule has 3 N–H and O–H groups in total. The van der Waals surface area contributed by atoms with E-state index in [0.717, 1.165) is 5.56 Å². The Morgan fingerprint density at radius 3 is 2.15 bits per heavy atom. The average Bonchev–Trinajstić information content (AvgIpc) is 2.56. The number of carbonyl (C=O) groups excluding carboxylic acids is 2. The first-order valence-corrected chi connectivity index (χ1v) is 8.31. The third-order valence-electron chi connectivity index (χ3n) is 3.76. The predicted octanol–water partition coefficient (Wildman–Crippen LogP) is 3.93. The number of aryl methyl sites for hydroxylation is 1. The lowest BCUT2D eigenvalue weighted by Gasteiger charge is -2.10. The van der Waals surface area contributed by atoms with Gasteiger partial charge < -0.3 is 15.7 Å². The van der Waals surface area contributed by atoms with Gasteiger partial charge in [0, 0.05) is 23.4 Å². The van der Waals surface area contributed by atoms with Crippen molar-refractivity contribution in [3.8, 4) is 0 Å². The van der Waals surface area contributed by atoms with E-state index >= 15 is 0 Å². The van der Waals surface area contributed by atoms with Crippen molar-refractivity contribution in [1.29, 1.82) is 0 Å². The third-order valence-corrected chi connectivity index (χ3v) is 3.76. The molecule has 0 bridgehead atoms. The normalized spacial score (nSPS) is 10.5. The van der Waals surface area contributed by atoms with Crippen LogP contribution in [0.3, 0.4) is 0 Å². The molecule has 0 aliphatic heterocycles. The Balaban J connectivity index is 2.07. The molecule has 6 nitrogen and oxygen atoms in total. The zero-order valence-corrected chi connectivity index (χ0v) is 15.0. The van der Waals surface area contributed by atoms with Gasteiger partial charge in [-0.1, -0.05) is 19.9 Å². The van der Waals surface area contributed by atoms with Crippen molar-refractivity contribution in [1.82, 2.24) is 0 Å². The fraction of sp³-hybridized carbons (Fsp3) is 0.250. The molecule has 0 saturated carbocycles. The first kappa shape index (κ1) is 19.2. The van der Waals surface area contributed by atoms with Gasteiger partial charge in [0.25, 0.3) is 5.91 Å². The highest BCUT2D eigenvalue weighted by Gasteiger charge is 2.11.